The summed E-state index contributed by atoms with van der Waals surface area (Å²) in [6.45, 7) is 6.42. The molecule has 2 aromatic rings. The number of nitrogens with zero attached hydrogens (tertiary/aromatic N) is 1. The highest BCUT2D eigenvalue weighted by Gasteiger charge is 2.32. The fourth-order valence-corrected chi connectivity index (χ4v) is 6.67. The van der Waals surface area contributed by atoms with Gasteiger partial charge in [-0.3, -0.25) is 4.79 Å². The van der Waals surface area contributed by atoms with Crippen LogP contribution in [0.4, 0.5) is 0 Å². The lowest BCUT2D eigenvalue weighted by Gasteiger charge is -2.33. The first-order valence-electron chi connectivity index (χ1n) is 14.7. The molecule has 202 valence electrons. The second kappa shape index (κ2) is 14.3. The summed E-state index contributed by atoms with van der Waals surface area (Å²) in [5.41, 5.74) is 5.23. The Labute approximate surface area is 230 Å². The van der Waals surface area contributed by atoms with Gasteiger partial charge in [0, 0.05) is 25.4 Å². The van der Waals surface area contributed by atoms with Gasteiger partial charge in [-0.1, -0.05) is 67.8 Å². The summed E-state index contributed by atoms with van der Waals surface area (Å²) in [6, 6.07) is 17.2. The summed E-state index contributed by atoms with van der Waals surface area (Å²) in [6.07, 6.45) is 12.5. The minimum Gasteiger partial charge on any atom is -0.343 e. The van der Waals surface area contributed by atoms with Gasteiger partial charge in [-0.2, -0.15) is 0 Å². The standard InChI is InChI=1S/C32H45N3O.ClH/c36-32(22-31-29-14-6-4-12-27(29)28-13-5-7-15-30(28)31)35-20-16-26(17-21-35)24-34-19-9-8-18-33-23-25-10-2-1-3-11-25;/h4-7,12-15,25-26,31,33-34H,1-3,8-11,16-24H2;1H. The SMILES string of the molecule is Cl.O=C(CC1c2ccccc2-c2ccccc21)N1CCC(CNCCCCNCC2CCCCC2)CC1. The molecule has 0 unspecified atom stereocenters. The van der Waals surface area contributed by atoms with E-state index in [1.165, 1.54) is 73.7 Å². The molecule has 1 aliphatic heterocycles. The predicted molar refractivity (Wildman–Crippen MR) is 156 cm³/mol. The Bertz CT molecular complexity index is 936. The number of carbonyl (C=O) groups excluding carboxylic acids is 1. The van der Waals surface area contributed by atoms with Crippen molar-refractivity contribution in [2.45, 2.75) is 70.1 Å². The smallest absolute Gasteiger partial charge is 0.223 e. The number of amides is 1. The second-order valence-corrected chi connectivity index (χ2v) is 11.4. The summed E-state index contributed by atoms with van der Waals surface area (Å²) >= 11 is 0. The van der Waals surface area contributed by atoms with Crippen molar-refractivity contribution < 1.29 is 4.79 Å². The first-order chi connectivity index (χ1) is 17.8. The van der Waals surface area contributed by atoms with Crippen molar-refractivity contribution in [2.75, 3.05) is 39.3 Å². The van der Waals surface area contributed by atoms with Crippen molar-refractivity contribution in [2.24, 2.45) is 11.8 Å². The molecule has 0 bridgehead atoms. The Hall–Kier alpha value is -1.88. The van der Waals surface area contributed by atoms with Crippen molar-refractivity contribution in [1.29, 1.82) is 0 Å². The molecule has 0 radical (unpaired) electrons. The van der Waals surface area contributed by atoms with Gasteiger partial charge in [0.1, 0.15) is 0 Å². The molecular formula is C32H46ClN3O. The van der Waals surface area contributed by atoms with Crippen LogP contribution in [-0.2, 0) is 4.79 Å². The number of carbonyl (C=O) groups is 1. The van der Waals surface area contributed by atoms with E-state index in [0.29, 0.717) is 18.2 Å². The third-order valence-corrected chi connectivity index (χ3v) is 8.86. The van der Waals surface area contributed by atoms with Gasteiger partial charge in [-0.15, -0.1) is 12.4 Å². The number of rotatable bonds is 11. The van der Waals surface area contributed by atoms with Gasteiger partial charge >= 0.3 is 0 Å². The fourth-order valence-electron chi connectivity index (χ4n) is 6.67. The minimum atomic E-state index is 0. The van der Waals surface area contributed by atoms with E-state index in [9.17, 15) is 4.79 Å². The van der Waals surface area contributed by atoms with E-state index < -0.39 is 0 Å². The molecule has 1 amide bonds. The zero-order valence-electron chi connectivity index (χ0n) is 22.4. The predicted octanol–water partition coefficient (Wildman–Crippen LogP) is 6.39. The molecule has 37 heavy (non-hydrogen) atoms. The van der Waals surface area contributed by atoms with Gasteiger partial charge in [-0.05, 0) is 98.8 Å². The van der Waals surface area contributed by atoms with Crippen LogP contribution in [0.3, 0.4) is 0 Å². The molecule has 2 aromatic carbocycles. The Morgan fingerprint density at radius 2 is 1.24 bits per heavy atom. The highest BCUT2D eigenvalue weighted by Crippen LogP contribution is 2.46. The van der Waals surface area contributed by atoms with Crippen molar-refractivity contribution in [3.05, 3.63) is 59.7 Å². The number of halogens is 1. The highest BCUT2D eigenvalue weighted by atomic mass is 35.5. The number of hydrogen-bond acceptors (Lipinski definition) is 3. The maximum atomic E-state index is 13.3. The Balaban J connectivity index is 0.00000320. The van der Waals surface area contributed by atoms with E-state index in [1.54, 1.807) is 0 Å². The number of hydrogen-bond donors (Lipinski definition) is 2. The van der Waals surface area contributed by atoms with E-state index in [0.717, 1.165) is 51.5 Å². The Kier molecular flexibility index (Phi) is 10.9. The van der Waals surface area contributed by atoms with Crippen LogP contribution in [0.1, 0.15) is 81.3 Å². The molecular weight excluding hydrogens is 478 g/mol. The lowest BCUT2D eigenvalue weighted by molar-refractivity contribution is -0.132. The summed E-state index contributed by atoms with van der Waals surface area (Å²) in [4.78, 5) is 15.4. The van der Waals surface area contributed by atoms with Crippen molar-refractivity contribution in [3.8, 4) is 11.1 Å². The number of unbranched alkanes of at least 4 members (excludes halogenated alkanes) is 1. The molecule has 2 fully saturated rings. The summed E-state index contributed by atoms with van der Waals surface area (Å²) < 4.78 is 0. The largest absolute Gasteiger partial charge is 0.343 e. The maximum absolute atomic E-state index is 13.3. The van der Waals surface area contributed by atoms with Gasteiger partial charge in [0.25, 0.3) is 0 Å². The van der Waals surface area contributed by atoms with Gasteiger partial charge in [0.15, 0.2) is 0 Å². The third-order valence-electron chi connectivity index (χ3n) is 8.86. The average molecular weight is 524 g/mol. The van der Waals surface area contributed by atoms with E-state index >= 15 is 0 Å². The Morgan fingerprint density at radius 3 is 1.81 bits per heavy atom. The lowest BCUT2D eigenvalue weighted by Crippen LogP contribution is -2.41. The van der Waals surface area contributed by atoms with Crippen LogP contribution in [0.2, 0.25) is 0 Å². The molecule has 0 atom stereocenters. The number of benzene rings is 2. The van der Waals surface area contributed by atoms with Crippen LogP contribution in [0.5, 0.6) is 0 Å². The average Bonchev–Trinajstić information content (AvgIpc) is 3.24. The fraction of sp³-hybridized carbons (Fsp3) is 0.594. The molecule has 1 heterocycles. The zero-order chi connectivity index (χ0) is 24.6. The Morgan fingerprint density at radius 1 is 0.730 bits per heavy atom. The van der Waals surface area contributed by atoms with Crippen LogP contribution >= 0.6 is 12.4 Å². The molecule has 2 aliphatic carbocycles. The van der Waals surface area contributed by atoms with Gasteiger partial charge in [0.2, 0.25) is 5.91 Å². The molecule has 1 saturated heterocycles. The normalized spacial score (nSPS) is 18.3. The molecule has 0 aromatic heterocycles. The van der Waals surface area contributed by atoms with Crippen molar-refractivity contribution >= 4 is 18.3 Å². The van der Waals surface area contributed by atoms with Crippen LogP contribution in [0, 0.1) is 11.8 Å². The molecule has 5 rings (SSSR count). The van der Waals surface area contributed by atoms with E-state index in [1.807, 2.05) is 0 Å². The van der Waals surface area contributed by atoms with Gasteiger partial charge in [-0.25, -0.2) is 0 Å². The van der Waals surface area contributed by atoms with E-state index in [-0.39, 0.29) is 18.3 Å². The second-order valence-electron chi connectivity index (χ2n) is 11.4. The molecule has 5 heteroatoms. The lowest BCUT2D eigenvalue weighted by atomic mass is 9.89. The van der Waals surface area contributed by atoms with Crippen molar-refractivity contribution in [1.82, 2.24) is 15.5 Å². The van der Waals surface area contributed by atoms with Gasteiger partial charge < -0.3 is 15.5 Å². The molecule has 2 N–H and O–H groups in total. The molecule has 0 spiro atoms. The minimum absolute atomic E-state index is 0. The monoisotopic (exact) mass is 523 g/mol. The number of piperidine rings is 1. The summed E-state index contributed by atoms with van der Waals surface area (Å²) in [7, 11) is 0. The molecule has 3 aliphatic rings. The maximum Gasteiger partial charge on any atom is 0.223 e. The topological polar surface area (TPSA) is 44.4 Å². The number of fused-ring (bicyclic) bond motifs is 3. The van der Waals surface area contributed by atoms with Crippen LogP contribution in [0.25, 0.3) is 11.1 Å². The van der Waals surface area contributed by atoms with Crippen LogP contribution in [0.15, 0.2) is 48.5 Å². The highest BCUT2D eigenvalue weighted by molar-refractivity contribution is 5.85. The quantitative estimate of drug-likeness (QED) is 0.335. The van der Waals surface area contributed by atoms with Gasteiger partial charge in [0.05, 0.1) is 0 Å². The first-order valence-corrected chi connectivity index (χ1v) is 14.7. The first kappa shape index (κ1) is 28.1. The van der Waals surface area contributed by atoms with E-state index in [2.05, 4.69) is 64.1 Å². The van der Waals surface area contributed by atoms with Crippen LogP contribution < -0.4 is 10.6 Å². The summed E-state index contributed by atoms with van der Waals surface area (Å²) in [5, 5.41) is 7.37. The molecule has 4 nitrogen and oxygen atoms in total. The van der Waals surface area contributed by atoms with E-state index in [4.69, 9.17) is 0 Å². The van der Waals surface area contributed by atoms with Crippen LogP contribution in [-0.4, -0.2) is 50.1 Å². The van der Waals surface area contributed by atoms with Crippen molar-refractivity contribution in [3.63, 3.8) is 0 Å². The summed E-state index contributed by atoms with van der Waals surface area (Å²) in [5.74, 6) is 2.14. The number of likely N-dealkylation sites (tertiary alicyclic amines) is 1. The number of nitrogens with one attached hydrogen (secondary N) is 2. The zero-order valence-corrected chi connectivity index (χ0v) is 23.2. The molecule has 1 saturated carbocycles. The third kappa shape index (κ3) is 7.37.